The number of carbonyl (C=O) groups excluding carboxylic acids is 1. The fourth-order valence-corrected chi connectivity index (χ4v) is 4.33. The maximum absolute atomic E-state index is 13.6. The Labute approximate surface area is 187 Å². The molecular weight excluding hydrogens is 407 g/mol. The lowest BCUT2D eigenvalue weighted by molar-refractivity contribution is 0.0708. The van der Waals surface area contributed by atoms with Crippen molar-refractivity contribution in [3.05, 3.63) is 76.7 Å². The van der Waals surface area contributed by atoms with Gasteiger partial charge in [0.25, 0.3) is 5.91 Å². The molecule has 0 bridgehead atoms. The van der Waals surface area contributed by atoms with Gasteiger partial charge in [-0.05, 0) is 48.2 Å². The van der Waals surface area contributed by atoms with Crippen LogP contribution in [-0.4, -0.2) is 39.8 Å². The van der Waals surface area contributed by atoms with E-state index in [1.807, 2.05) is 36.1 Å². The number of halogens is 1. The van der Waals surface area contributed by atoms with Crippen LogP contribution >= 0.6 is 0 Å². The zero-order chi connectivity index (χ0) is 22.7. The molecule has 0 saturated heterocycles. The molecule has 2 aromatic carbocycles. The fraction of sp³-hybridized carbons (Fsp3) is 0.360. The number of benzene rings is 2. The van der Waals surface area contributed by atoms with Gasteiger partial charge in [0.2, 0.25) is 0 Å². The molecule has 0 saturated carbocycles. The van der Waals surface area contributed by atoms with Crippen molar-refractivity contribution >= 4 is 5.91 Å². The number of hydrogen-bond acceptors (Lipinski definition) is 4. The summed E-state index contributed by atoms with van der Waals surface area (Å²) in [4.78, 5) is 14.9. The van der Waals surface area contributed by atoms with Crippen LogP contribution in [0.25, 0.3) is 11.3 Å². The third-order valence-electron chi connectivity index (χ3n) is 5.90. The van der Waals surface area contributed by atoms with Crippen LogP contribution in [-0.2, 0) is 31.4 Å². The first kappa shape index (κ1) is 22.2. The Morgan fingerprint density at radius 1 is 1.25 bits per heavy atom. The zero-order valence-corrected chi connectivity index (χ0v) is 18.6. The van der Waals surface area contributed by atoms with Crippen LogP contribution in [0.3, 0.4) is 0 Å². The van der Waals surface area contributed by atoms with Crippen molar-refractivity contribution in [2.45, 2.75) is 39.0 Å². The van der Waals surface area contributed by atoms with Crippen molar-refractivity contribution in [2.24, 2.45) is 12.8 Å². The van der Waals surface area contributed by atoms with Crippen LogP contribution in [0.15, 0.2) is 48.7 Å². The molecular formula is C25H29FN4O2. The van der Waals surface area contributed by atoms with Crippen molar-refractivity contribution in [1.82, 2.24) is 14.7 Å². The number of fused-ring (bicyclic) bond motifs is 1. The van der Waals surface area contributed by atoms with Gasteiger partial charge >= 0.3 is 0 Å². The first-order valence-corrected chi connectivity index (χ1v) is 11.0. The molecule has 0 spiro atoms. The van der Waals surface area contributed by atoms with Crippen LogP contribution in [0.4, 0.5) is 4.39 Å². The molecule has 0 unspecified atom stereocenters. The number of hydrogen-bond donors (Lipinski definition) is 1. The monoisotopic (exact) mass is 436 g/mol. The molecule has 1 aliphatic heterocycles. The summed E-state index contributed by atoms with van der Waals surface area (Å²) in [5, 5.41) is 4.40. The lowest BCUT2D eigenvalue weighted by Gasteiger charge is -2.26. The van der Waals surface area contributed by atoms with E-state index in [-0.39, 0.29) is 17.8 Å². The highest BCUT2D eigenvalue weighted by molar-refractivity contribution is 5.99. The summed E-state index contributed by atoms with van der Waals surface area (Å²) >= 11 is 0. The molecule has 7 heteroatoms. The molecule has 4 rings (SSSR count). The molecule has 1 aliphatic rings. The van der Waals surface area contributed by atoms with E-state index in [1.165, 1.54) is 12.1 Å². The van der Waals surface area contributed by atoms with Gasteiger partial charge in [0, 0.05) is 49.5 Å². The standard InChI is InChI=1S/C25H29FN4O2/c1-3-9-32-16-20-14-28-29(2)24(20)18-7-8-23-19(12-18)15-30(25(23)31)22(13-27)11-17-5-4-6-21(26)10-17/h4-8,10,12,14,22H,3,9,11,13,15-16,27H2,1-2H3/t22-/m0/s1. The van der Waals surface area contributed by atoms with Crippen molar-refractivity contribution in [3.63, 3.8) is 0 Å². The number of carbonyl (C=O) groups is 1. The lowest BCUT2D eigenvalue weighted by Crippen LogP contribution is -2.42. The van der Waals surface area contributed by atoms with E-state index >= 15 is 0 Å². The van der Waals surface area contributed by atoms with Crippen LogP contribution in [0.1, 0.15) is 40.4 Å². The summed E-state index contributed by atoms with van der Waals surface area (Å²) in [5.74, 6) is -0.316. The highest BCUT2D eigenvalue weighted by atomic mass is 19.1. The Morgan fingerprint density at radius 3 is 2.84 bits per heavy atom. The Bertz CT molecular complexity index is 1110. The molecule has 2 heterocycles. The SMILES string of the molecule is CCCOCc1cnn(C)c1-c1ccc2c(c1)CN([C@H](CN)Cc1cccc(F)c1)C2=O. The van der Waals surface area contributed by atoms with E-state index in [9.17, 15) is 9.18 Å². The zero-order valence-electron chi connectivity index (χ0n) is 18.6. The number of aromatic nitrogens is 2. The van der Waals surface area contributed by atoms with Gasteiger partial charge in [0.1, 0.15) is 5.82 Å². The average molecular weight is 437 g/mol. The molecule has 2 N–H and O–H groups in total. The van der Waals surface area contributed by atoms with E-state index in [4.69, 9.17) is 10.5 Å². The van der Waals surface area contributed by atoms with Gasteiger partial charge in [-0.15, -0.1) is 0 Å². The Morgan fingerprint density at radius 2 is 2.09 bits per heavy atom. The second-order valence-electron chi connectivity index (χ2n) is 8.22. The summed E-state index contributed by atoms with van der Waals surface area (Å²) in [6, 6.07) is 12.2. The van der Waals surface area contributed by atoms with E-state index in [0.717, 1.165) is 34.4 Å². The van der Waals surface area contributed by atoms with Gasteiger partial charge in [-0.1, -0.05) is 25.1 Å². The second kappa shape index (κ2) is 9.63. The van der Waals surface area contributed by atoms with Crippen molar-refractivity contribution in [2.75, 3.05) is 13.2 Å². The van der Waals surface area contributed by atoms with Crippen LogP contribution in [0.5, 0.6) is 0 Å². The molecule has 1 amide bonds. The Balaban J connectivity index is 1.57. The van der Waals surface area contributed by atoms with Gasteiger partial charge in [0.05, 0.1) is 18.5 Å². The predicted molar refractivity (Wildman–Crippen MR) is 121 cm³/mol. The number of nitrogens with zero attached hydrogens (tertiary/aromatic N) is 3. The summed E-state index contributed by atoms with van der Waals surface area (Å²) in [6.07, 6.45) is 3.31. The molecule has 0 aliphatic carbocycles. The summed E-state index contributed by atoms with van der Waals surface area (Å²) in [7, 11) is 1.91. The highest BCUT2D eigenvalue weighted by Gasteiger charge is 2.32. The Kier molecular flexibility index (Phi) is 6.67. The second-order valence-corrected chi connectivity index (χ2v) is 8.22. The largest absolute Gasteiger partial charge is 0.377 e. The van der Waals surface area contributed by atoms with Gasteiger partial charge < -0.3 is 15.4 Å². The maximum Gasteiger partial charge on any atom is 0.254 e. The topological polar surface area (TPSA) is 73.4 Å². The van der Waals surface area contributed by atoms with Gasteiger partial charge in [0.15, 0.2) is 0 Å². The predicted octanol–water partition coefficient (Wildman–Crippen LogP) is 3.68. The summed E-state index contributed by atoms with van der Waals surface area (Å²) < 4.78 is 21.2. The quantitative estimate of drug-likeness (QED) is 0.520. The first-order valence-electron chi connectivity index (χ1n) is 11.0. The van der Waals surface area contributed by atoms with E-state index < -0.39 is 0 Å². The molecule has 32 heavy (non-hydrogen) atoms. The van der Waals surface area contributed by atoms with Crippen LogP contribution in [0, 0.1) is 5.82 Å². The number of amides is 1. The number of aryl methyl sites for hydroxylation is 1. The highest BCUT2D eigenvalue weighted by Crippen LogP contribution is 2.31. The molecule has 1 atom stereocenters. The normalized spacial score (nSPS) is 14.1. The number of nitrogens with two attached hydrogens (primary N) is 1. The fourth-order valence-electron chi connectivity index (χ4n) is 4.33. The van der Waals surface area contributed by atoms with Crippen molar-refractivity contribution < 1.29 is 13.9 Å². The molecule has 168 valence electrons. The van der Waals surface area contributed by atoms with E-state index in [2.05, 4.69) is 18.1 Å². The van der Waals surface area contributed by atoms with Crippen molar-refractivity contribution in [1.29, 1.82) is 0 Å². The van der Waals surface area contributed by atoms with Gasteiger partial charge in [-0.25, -0.2) is 4.39 Å². The third-order valence-corrected chi connectivity index (χ3v) is 5.90. The van der Waals surface area contributed by atoms with E-state index in [1.54, 1.807) is 11.0 Å². The molecule has 6 nitrogen and oxygen atoms in total. The van der Waals surface area contributed by atoms with Gasteiger partial charge in [-0.3, -0.25) is 9.48 Å². The Hall–Kier alpha value is -3.03. The van der Waals surface area contributed by atoms with Crippen LogP contribution in [0.2, 0.25) is 0 Å². The van der Waals surface area contributed by atoms with Gasteiger partial charge in [-0.2, -0.15) is 5.10 Å². The first-order chi connectivity index (χ1) is 15.5. The lowest BCUT2D eigenvalue weighted by atomic mass is 10.0. The molecule has 0 fully saturated rings. The van der Waals surface area contributed by atoms with E-state index in [0.29, 0.717) is 38.3 Å². The smallest absolute Gasteiger partial charge is 0.254 e. The molecule has 0 radical (unpaired) electrons. The minimum absolute atomic E-state index is 0.0325. The summed E-state index contributed by atoms with van der Waals surface area (Å²) in [5.41, 5.74) is 11.5. The minimum atomic E-state index is -0.283. The van der Waals surface area contributed by atoms with Crippen molar-refractivity contribution in [3.8, 4) is 11.3 Å². The minimum Gasteiger partial charge on any atom is -0.377 e. The molecule has 3 aromatic rings. The third kappa shape index (κ3) is 4.45. The van der Waals surface area contributed by atoms with Crippen LogP contribution < -0.4 is 5.73 Å². The number of ether oxygens (including phenoxy) is 1. The summed E-state index contributed by atoms with van der Waals surface area (Å²) in [6.45, 7) is 4.08. The molecule has 1 aromatic heterocycles. The maximum atomic E-state index is 13.6. The average Bonchev–Trinajstić information content (AvgIpc) is 3.31. The number of rotatable bonds is 9.